The van der Waals surface area contributed by atoms with E-state index in [1.807, 2.05) is 54.6 Å². The minimum atomic E-state index is 0. The Bertz CT molecular complexity index is 2710. The average molecular weight is 745 g/mol. The molecule has 0 aliphatic heterocycles. The molecule has 3 aromatic carbocycles. The zero-order valence-electron chi connectivity index (χ0n) is 26.8. The van der Waals surface area contributed by atoms with E-state index >= 15 is 0 Å². The zero-order chi connectivity index (χ0) is 33.3. The molecule has 11 rings (SSSR count). The first-order chi connectivity index (χ1) is 24.8. The fourth-order valence-corrected chi connectivity index (χ4v) is 6.21. The molecule has 8 heterocycles. The molecular formula is C41H25N9Ru+2. The molecule has 0 spiro atoms. The Hall–Kier alpha value is -6.51. The van der Waals surface area contributed by atoms with Gasteiger partial charge in [-0.2, -0.15) is 0 Å². The van der Waals surface area contributed by atoms with Crippen LogP contribution in [-0.4, -0.2) is 44.9 Å². The topological polar surface area (TPSA) is 116 Å². The van der Waals surface area contributed by atoms with Crippen molar-refractivity contribution in [2.24, 2.45) is 0 Å². The minimum Gasteiger partial charge on any atom is -0.262 e. The minimum absolute atomic E-state index is 0. The maximum Gasteiger partial charge on any atom is 2.00 e. The van der Waals surface area contributed by atoms with Crippen LogP contribution < -0.4 is 0 Å². The van der Waals surface area contributed by atoms with Crippen molar-refractivity contribution in [1.82, 2.24) is 44.9 Å². The molecule has 0 saturated heterocycles. The van der Waals surface area contributed by atoms with E-state index in [0.29, 0.717) is 0 Å². The van der Waals surface area contributed by atoms with Crippen LogP contribution in [0.25, 0.3) is 87.5 Å². The van der Waals surface area contributed by atoms with Gasteiger partial charge in [0.15, 0.2) is 0 Å². The first-order valence-electron chi connectivity index (χ1n) is 16.0. The van der Waals surface area contributed by atoms with Gasteiger partial charge in [0.1, 0.15) is 5.52 Å². The Kier molecular flexibility index (Phi) is 8.58. The van der Waals surface area contributed by atoms with Gasteiger partial charge in [-0.15, -0.1) is 0 Å². The smallest absolute Gasteiger partial charge is 0.262 e. The Balaban J connectivity index is 0.000000114. The van der Waals surface area contributed by atoms with Gasteiger partial charge in [-0.05, 0) is 54.6 Å². The van der Waals surface area contributed by atoms with Crippen molar-refractivity contribution in [1.29, 1.82) is 0 Å². The molecule has 0 aliphatic rings. The van der Waals surface area contributed by atoms with E-state index in [0.717, 1.165) is 87.5 Å². The van der Waals surface area contributed by atoms with E-state index in [4.69, 9.17) is 9.97 Å². The van der Waals surface area contributed by atoms with E-state index in [-0.39, 0.29) is 19.5 Å². The van der Waals surface area contributed by atoms with Gasteiger partial charge in [0.2, 0.25) is 0 Å². The quantitative estimate of drug-likeness (QED) is 0.0853. The summed E-state index contributed by atoms with van der Waals surface area (Å²) in [4.78, 5) is 40.1. The maximum atomic E-state index is 4.79. The summed E-state index contributed by atoms with van der Waals surface area (Å²) in [6.07, 6.45) is 14.2. The molecule has 0 N–H and O–H groups in total. The molecule has 8 aromatic heterocycles. The first kappa shape index (κ1) is 31.7. The summed E-state index contributed by atoms with van der Waals surface area (Å²) in [5.74, 6) is 0. The number of rotatable bonds is 0. The van der Waals surface area contributed by atoms with Gasteiger partial charge in [-0.25, -0.2) is 9.97 Å². The number of fused-ring (bicyclic) bond motifs is 13. The van der Waals surface area contributed by atoms with Crippen molar-refractivity contribution in [3.8, 4) is 0 Å². The molecule has 51 heavy (non-hydrogen) atoms. The molecule has 0 fully saturated rings. The zero-order valence-corrected chi connectivity index (χ0v) is 28.6. The SMILES string of the molecule is [Ru+2].c1cnc2c(c1)c1nc3ccncc3nc1c1cccnc12.c1cnc2c(c1)ccc1cccnc12.c1cnc2c(c1)ccc1cccnc12. The summed E-state index contributed by atoms with van der Waals surface area (Å²) >= 11 is 0. The summed E-state index contributed by atoms with van der Waals surface area (Å²) < 4.78 is 0. The van der Waals surface area contributed by atoms with Crippen LogP contribution in [0.3, 0.4) is 0 Å². The third kappa shape index (κ3) is 5.92. The molecule has 9 nitrogen and oxygen atoms in total. The van der Waals surface area contributed by atoms with Crippen LogP contribution in [0.4, 0.5) is 0 Å². The molecule has 0 bridgehead atoms. The van der Waals surface area contributed by atoms with Crippen LogP contribution in [0.2, 0.25) is 0 Å². The van der Waals surface area contributed by atoms with Crippen molar-refractivity contribution in [2.75, 3.05) is 0 Å². The molecule has 10 heteroatoms. The molecule has 0 amide bonds. The van der Waals surface area contributed by atoms with Crippen molar-refractivity contribution in [3.63, 3.8) is 0 Å². The van der Waals surface area contributed by atoms with Crippen molar-refractivity contribution >= 4 is 87.5 Å². The van der Waals surface area contributed by atoms with Gasteiger partial charge >= 0.3 is 19.5 Å². The average Bonchev–Trinajstić information content (AvgIpc) is 3.21. The summed E-state index contributed by atoms with van der Waals surface area (Å²) in [5.41, 5.74) is 8.91. The van der Waals surface area contributed by atoms with Crippen molar-refractivity contribution < 1.29 is 19.5 Å². The Labute approximate surface area is 303 Å². The number of benzene rings is 3. The molecule has 0 radical (unpaired) electrons. The molecule has 0 unspecified atom stereocenters. The number of hydrogen-bond donors (Lipinski definition) is 0. The monoisotopic (exact) mass is 745 g/mol. The van der Waals surface area contributed by atoms with E-state index in [2.05, 4.69) is 83.4 Å². The summed E-state index contributed by atoms with van der Waals surface area (Å²) in [6.45, 7) is 0. The van der Waals surface area contributed by atoms with E-state index in [1.54, 1.807) is 49.6 Å². The van der Waals surface area contributed by atoms with Crippen LogP contribution in [0.5, 0.6) is 0 Å². The second-order valence-corrected chi connectivity index (χ2v) is 11.5. The molecule has 11 aromatic rings. The Morgan fingerprint density at radius 1 is 0.294 bits per heavy atom. The molecule has 0 saturated carbocycles. The van der Waals surface area contributed by atoms with Gasteiger partial charge in [0, 0.05) is 75.7 Å². The number of hydrogen-bond acceptors (Lipinski definition) is 9. The second kappa shape index (κ2) is 13.8. The number of nitrogens with zero attached hydrogens (tertiary/aromatic N) is 9. The molecule has 0 aliphatic carbocycles. The standard InChI is InChI=1S/C17H9N5.2C12H8N2.Ru/c1-3-10-14(19-6-1)15-11(4-2-7-20-15)17-16(10)21-12-5-8-18-9-13(12)22-17;2*1-3-9-5-6-10-4-2-8-14-12(10)11(9)13-7-1;/h1-9H;2*1-8H;/q;;;+2. The van der Waals surface area contributed by atoms with Crippen LogP contribution in [0.1, 0.15) is 0 Å². The fourth-order valence-electron chi connectivity index (χ4n) is 6.21. The van der Waals surface area contributed by atoms with Crippen LogP contribution in [0.15, 0.2) is 153 Å². The first-order valence-corrected chi connectivity index (χ1v) is 16.0. The Morgan fingerprint density at radius 3 is 1.06 bits per heavy atom. The molecule has 0 atom stereocenters. The fraction of sp³-hybridized carbons (Fsp3) is 0. The van der Waals surface area contributed by atoms with Crippen LogP contribution >= 0.6 is 0 Å². The number of aromatic nitrogens is 9. The van der Waals surface area contributed by atoms with Crippen LogP contribution in [-0.2, 0) is 19.5 Å². The summed E-state index contributed by atoms with van der Waals surface area (Å²) in [5, 5.41) is 6.48. The van der Waals surface area contributed by atoms with E-state index in [1.165, 1.54) is 0 Å². The summed E-state index contributed by atoms with van der Waals surface area (Å²) in [7, 11) is 0. The van der Waals surface area contributed by atoms with Gasteiger partial charge in [-0.3, -0.25) is 34.9 Å². The largest absolute Gasteiger partial charge is 2.00 e. The van der Waals surface area contributed by atoms with Gasteiger partial charge in [0.05, 0.1) is 55.8 Å². The van der Waals surface area contributed by atoms with Crippen molar-refractivity contribution in [3.05, 3.63) is 153 Å². The van der Waals surface area contributed by atoms with Gasteiger partial charge in [-0.1, -0.05) is 48.5 Å². The van der Waals surface area contributed by atoms with Gasteiger partial charge < -0.3 is 0 Å². The Morgan fingerprint density at radius 2 is 0.647 bits per heavy atom. The third-order valence-electron chi connectivity index (χ3n) is 8.51. The predicted molar refractivity (Wildman–Crippen MR) is 200 cm³/mol. The predicted octanol–water partition coefficient (Wildman–Crippen LogP) is 8.84. The summed E-state index contributed by atoms with van der Waals surface area (Å²) in [6, 6.07) is 34.0. The van der Waals surface area contributed by atoms with Crippen molar-refractivity contribution in [2.45, 2.75) is 0 Å². The molecular weight excluding hydrogens is 720 g/mol. The normalized spacial score (nSPS) is 11.0. The van der Waals surface area contributed by atoms with E-state index < -0.39 is 0 Å². The maximum absolute atomic E-state index is 4.79. The van der Waals surface area contributed by atoms with Crippen LogP contribution in [0, 0.1) is 0 Å². The van der Waals surface area contributed by atoms with Gasteiger partial charge in [0.25, 0.3) is 0 Å². The number of pyridine rings is 7. The second-order valence-electron chi connectivity index (χ2n) is 11.5. The molecule has 240 valence electrons. The van der Waals surface area contributed by atoms with E-state index in [9.17, 15) is 0 Å². The third-order valence-corrected chi connectivity index (χ3v) is 8.51.